The number of guanidine groups is 1. The SMILES string of the molecule is CN=C(NCCc1ccc(Br)s1)NCc1ccc(C)s1.I. The first-order chi connectivity index (χ1) is 9.67. The number of nitrogens with one attached hydrogen (secondary N) is 2. The predicted molar refractivity (Wildman–Crippen MR) is 108 cm³/mol. The summed E-state index contributed by atoms with van der Waals surface area (Å²) in [7, 11) is 1.80. The Kier molecular flexibility index (Phi) is 8.84. The Hall–Kier alpha value is -0.120. The van der Waals surface area contributed by atoms with Crippen LogP contribution in [0.3, 0.4) is 0 Å². The third kappa shape index (κ3) is 6.66. The molecule has 0 saturated heterocycles. The molecule has 2 rings (SSSR count). The van der Waals surface area contributed by atoms with Gasteiger partial charge in [0.05, 0.1) is 10.3 Å². The molecule has 0 amide bonds. The molecule has 2 N–H and O–H groups in total. The number of nitrogens with zero attached hydrogens (tertiary/aromatic N) is 1. The highest BCUT2D eigenvalue weighted by Crippen LogP contribution is 2.22. The zero-order valence-corrected chi connectivity index (χ0v) is 17.5. The molecular weight excluding hydrogens is 481 g/mol. The number of halogens is 2. The summed E-state index contributed by atoms with van der Waals surface area (Å²) in [5.74, 6) is 0.853. The quantitative estimate of drug-likeness (QED) is 0.363. The summed E-state index contributed by atoms with van der Waals surface area (Å²) < 4.78 is 1.18. The smallest absolute Gasteiger partial charge is 0.191 e. The van der Waals surface area contributed by atoms with Gasteiger partial charge in [-0.1, -0.05) is 0 Å². The molecule has 3 nitrogen and oxygen atoms in total. The number of aryl methyl sites for hydroxylation is 1. The van der Waals surface area contributed by atoms with Crippen molar-refractivity contribution in [2.45, 2.75) is 19.9 Å². The number of aliphatic imine (C=N–C) groups is 1. The summed E-state index contributed by atoms with van der Waals surface area (Å²) in [6, 6.07) is 8.54. The molecule has 0 bridgehead atoms. The van der Waals surface area contributed by atoms with E-state index in [0.29, 0.717) is 0 Å². The van der Waals surface area contributed by atoms with Crippen LogP contribution in [0.5, 0.6) is 0 Å². The second-order valence-corrected chi connectivity index (χ2v) is 8.24. The zero-order valence-electron chi connectivity index (χ0n) is 12.0. The summed E-state index contributed by atoms with van der Waals surface area (Å²) >= 11 is 7.08. The second-order valence-electron chi connectivity index (χ2n) is 4.32. The molecule has 0 spiro atoms. The van der Waals surface area contributed by atoms with Crippen LogP contribution in [0.25, 0.3) is 0 Å². The van der Waals surface area contributed by atoms with Gasteiger partial charge in [-0.3, -0.25) is 4.99 Å². The van der Waals surface area contributed by atoms with Crippen LogP contribution in [-0.2, 0) is 13.0 Å². The fraction of sp³-hybridized carbons (Fsp3) is 0.357. The van der Waals surface area contributed by atoms with E-state index in [-0.39, 0.29) is 24.0 Å². The van der Waals surface area contributed by atoms with Crippen LogP contribution >= 0.6 is 62.6 Å². The zero-order chi connectivity index (χ0) is 14.4. The minimum absolute atomic E-state index is 0. The second kappa shape index (κ2) is 9.81. The van der Waals surface area contributed by atoms with Crippen LogP contribution in [0.2, 0.25) is 0 Å². The molecule has 2 aromatic rings. The maximum absolute atomic E-state index is 4.24. The van der Waals surface area contributed by atoms with Crippen molar-refractivity contribution in [1.82, 2.24) is 10.6 Å². The molecule has 7 heteroatoms. The molecular formula is C14H19BrIN3S2. The van der Waals surface area contributed by atoms with Gasteiger partial charge in [0.2, 0.25) is 0 Å². The third-order valence-corrected chi connectivity index (χ3v) is 5.43. The van der Waals surface area contributed by atoms with Crippen molar-refractivity contribution in [3.05, 3.63) is 42.7 Å². The topological polar surface area (TPSA) is 36.4 Å². The van der Waals surface area contributed by atoms with Crippen LogP contribution in [0.1, 0.15) is 14.6 Å². The summed E-state index contributed by atoms with van der Waals surface area (Å²) in [5.41, 5.74) is 0. The molecule has 0 atom stereocenters. The van der Waals surface area contributed by atoms with Gasteiger partial charge in [0.15, 0.2) is 5.96 Å². The Morgan fingerprint density at radius 3 is 2.48 bits per heavy atom. The molecule has 2 aromatic heterocycles. The van der Waals surface area contributed by atoms with Crippen molar-refractivity contribution >= 4 is 68.5 Å². The van der Waals surface area contributed by atoms with E-state index in [1.807, 2.05) is 11.3 Å². The minimum Gasteiger partial charge on any atom is -0.356 e. The van der Waals surface area contributed by atoms with Gasteiger partial charge in [-0.25, -0.2) is 0 Å². The van der Waals surface area contributed by atoms with Gasteiger partial charge in [-0.05, 0) is 53.5 Å². The van der Waals surface area contributed by atoms with Gasteiger partial charge >= 0.3 is 0 Å². The average Bonchev–Trinajstić information content (AvgIpc) is 3.02. The summed E-state index contributed by atoms with van der Waals surface area (Å²) in [6.07, 6.45) is 1.01. The molecule has 0 aliphatic heterocycles. The van der Waals surface area contributed by atoms with Crippen molar-refractivity contribution in [2.75, 3.05) is 13.6 Å². The average molecular weight is 500 g/mol. The maximum Gasteiger partial charge on any atom is 0.191 e. The lowest BCUT2D eigenvalue weighted by atomic mass is 10.3. The van der Waals surface area contributed by atoms with Gasteiger partial charge in [0.25, 0.3) is 0 Å². The van der Waals surface area contributed by atoms with Gasteiger partial charge < -0.3 is 10.6 Å². The van der Waals surface area contributed by atoms with E-state index in [2.05, 4.69) is 62.7 Å². The molecule has 0 aliphatic carbocycles. The fourth-order valence-corrected chi connectivity index (χ4v) is 4.07. The van der Waals surface area contributed by atoms with Crippen molar-refractivity contribution in [1.29, 1.82) is 0 Å². The van der Waals surface area contributed by atoms with Crippen molar-refractivity contribution in [3.63, 3.8) is 0 Å². The van der Waals surface area contributed by atoms with E-state index in [4.69, 9.17) is 0 Å². The Morgan fingerprint density at radius 2 is 1.90 bits per heavy atom. The standard InChI is InChI=1S/C14H18BrN3S2.HI/c1-10-3-4-12(19-10)9-18-14(16-2)17-8-7-11-5-6-13(15)20-11;/h3-6H,7-9H2,1-2H3,(H2,16,17,18);1H. The van der Waals surface area contributed by atoms with Crippen molar-refractivity contribution in [2.24, 2.45) is 4.99 Å². The number of hydrogen-bond donors (Lipinski definition) is 2. The van der Waals surface area contributed by atoms with E-state index in [0.717, 1.165) is 25.5 Å². The highest BCUT2D eigenvalue weighted by Gasteiger charge is 2.01. The molecule has 0 saturated carbocycles. The van der Waals surface area contributed by atoms with Crippen LogP contribution in [0, 0.1) is 6.92 Å². The number of hydrogen-bond acceptors (Lipinski definition) is 3. The van der Waals surface area contributed by atoms with E-state index in [1.165, 1.54) is 18.4 Å². The number of rotatable bonds is 5. The fourth-order valence-electron chi connectivity index (χ4n) is 1.76. The van der Waals surface area contributed by atoms with Gasteiger partial charge in [-0.15, -0.1) is 46.7 Å². The highest BCUT2D eigenvalue weighted by molar-refractivity contribution is 14.0. The molecule has 0 aromatic carbocycles. The molecule has 116 valence electrons. The van der Waals surface area contributed by atoms with E-state index in [9.17, 15) is 0 Å². The Bertz CT molecular complexity index is 580. The first kappa shape index (κ1) is 18.9. The summed E-state index contributed by atoms with van der Waals surface area (Å²) in [4.78, 5) is 8.28. The van der Waals surface area contributed by atoms with Crippen LogP contribution < -0.4 is 10.6 Å². The van der Waals surface area contributed by atoms with Crippen LogP contribution in [0.15, 0.2) is 33.0 Å². The minimum atomic E-state index is 0. The maximum atomic E-state index is 4.24. The van der Waals surface area contributed by atoms with Crippen LogP contribution in [-0.4, -0.2) is 19.6 Å². The van der Waals surface area contributed by atoms with Gasteiger partial charge in [0, 0.05) is 28.2 Å². The lowest BCUT2D eigenvalue weighted by molar-refractivity contribution is 0.804. The van der Waals surface area contributed by atoms with E-state index >= 15 is 0 Å². The molecule has 2 heterocycles. The molecule has 0 radical (unpaired) electrons. The first-order valence-electron chi connectivity index (χ1n) is 6.41. The molecule has 21 heavy (non-hydrogen) atoms. The lowest BCUT2D eigenvalue weighted by Gasteiger charge is -2.10. The predicted octanol–water partition coefficient (Wildman–Crippen LogP) is 4.41. The highest BCUT2D eigenvalue weighted by atomic mass is 127. The third-order valence-electron chi connectivity index (χ3n) is 2.74. The summed E-state index contributed by atoms with van der Waals surface area (Å²) in [6.45, 7) is 3.83. The largest absolute Gasteiger partial charge is 0.356 e. The van der Waals surface area contributed by atoms with Crippen LogP contribution in [0.4, 0.5) is 0 Å². The van der Waals surface area contributed by atoms with Crippen molar-refractivity contribution < 1.29 is 0 Å². The van der Waals surface area contributed by atoms with E-state index < -0.39 is 0 Å². The number of thiophene rings is 2. The van der Waals surface area contributed by atoms with E-state index in [1.54, 1.807) is 18.4 Å². The molecule has 0 aliphatic rings. The summed E-state index contributed by atoms with van der Waals surface area (Å²) in [5, 5.41) is 6.67. The normalized spacial score (nSPS) is 11.1. The van der Waals surface area contributed by atoms with Gasteiger partial charge in [-0.2, -0.15) is 0 Å². The monoisotopic (exact) mass is 499 g/mol. The Labute approximate surface area is 159 Å². The lowest BCUT2D eigenvalue weighted by Crippen LogP contribution is -2.37. The molecule has 0 unspecified atom stereocenters. The Balaban J connectivity index is 0.00000220. The first-order valence-corrected chi connectivity index (χ1v) is 8.84. The van der Waals surface area contributed by atoms with Gasteiger partial charge in [0.1, 0.15) is 0 Å². The van der Waals surface area contributed by atoms with Crippen molar-refractivity contribution in [3.8, 4) is 0 Å². The molecule has 0 fully saturated rings. The Morgan fingerprint density at radius 1 is 1.14 bits per heavy atom.